The van der Waals surface area contributed by atoms with Crippen LogP contribution < -0.4 is 5.32 Å². The molecule has 0 saturated carbocycles. The van der Waals surface area contributed by atoms with Gasteiger partial charge in [-0.3, -0.25) is 9.80 Å². The van der Waals surface area contributed by atoms with Crippen LogP contribution >= 0.6 is 0 Å². The molecule has 4 nitrogen and oxygen atoms in total. The van der Waals surface area contributed by atoms with Crippen molar-refractivity contribution in [3.8, 4) is 0 Å². The van der Waals surface area contributed by atoms with E-state index in [1.54, 1.807) is 0 Å². The Morgan fingerprint density at radius 3 is 2.60 bits per heavy atom. The van der Waals surface area contributed by atoms with E-state index in [4.69, 9.17) is 4.98 Å². The number of hydrogen-bond donors (Lipinski definition) is 1. The Morgan fingerprint density at radius 1 is 1.20 bits per heavy atom. The third-order valence-corrected chi connectivity index (χ3v) is 3.89. The fourth-order valence-corrected chi connectivity index (χ4v) is 2.59. The molecule has 1 saturated heterocycles. The van der Waals surface area contributed by atoms with Gasteiger partial charge in [-0.15, -0.1) is 0 Å². The molecule has 112 valence electrons. The van der Waals surface area contributed by atoms with Gasteiger partial charge in [-0.25, -0.2) is 4.98 Å². The first kappa shape index (κ1) is 15.3. The fraction of sp³-hybridized carbons (Fsp3) is 0.688. The summed E-state index contributed by atoms with van der Waals surface area (Å²) in [7, 11) is 0. The molecule has 1 aromatic rings. The lowest BCUT2D eigenvalue weighted by atomic mass is 10.2. The standard InChI is InChI=1S/C16H28N4/c1-4-8-17-16-7-5-6-15(18-16)13-19-9-11-20(12-10-19)14(2)3/h5-7,14H,4,8-13H2,1-3H3,(H,17,18). The van der Waals surface area contributed by atoms with Gasteiger partial charge in [-0.1, -0.05) is 13.0 Å². The minimum atomic E-state index is 0.664. The van der Waals surface area contributed by atoms with Gasteiger partial charge >= 0.3 is 0 Å². The molecule has 0 unspecified atom stereocenters. The number of anilines is 1. The smallest absolute Gasteiger partial charge is 0.126 e. The van der Waals surface area contributed by atoms with Gasteiger partial charge in [0.15, 0.2) is 0 Å². The first-order chi connectivity index (χ1) is 9.69. The Hall–Kier alpha value is -1.13. The second-order valence-electron chi connectivity index (χ2n) is 5.85. The highest BCUT2D eigenvalue weighted by Gasteiger charge is 2.18. The summed E-state index contributed by atoms with van der Waals surface area (Å²) < 4.78 is 0. The predicted molar refractivity (Wildman–Crippen MR) is 85.0 cm³/mol. The SMILES string of the molecule is CCCNc1cccc(CN2CCN(C(C)C)CC2)n1. The maximum absolute atomic E-state index is 4.69. The normalized spacial score (nSPS) is 17.6. The van der Waals surface area contributed by atoms with Crippen LogP contribution in [0.1, 0.15) is 32.9 Å². The van der Waals surface area contributed by atoms with Crippen LogP contribution in [0.15, 0.2) is 18.2 Å². The van der Waals surface area contributed by atoms with Gasteiger partial charge in [0.25, 0.3) is 0 Å². The van der Waals surface area contributed by atoms with E-state index in [0.29, 0.717) is 6.04 Å². The summed E-state index contributed by atoms with van der Waals surface area (Å²) in [6.45, 7) is 13.3. The molecule has 0 spiro atoms. The lowest BCUT2D eigenvalue weighted by molar-refractivity contribution is 0.103. The molecular formula is C16H28N4. The molecule has 0 aliphatic carbocycles. The van der Waals surface area contributed by atoms with E-state index < -0.39 is 0 Å². The van der Waals surface area contributed by atoms with Crippen molar-refractivity contribution < 1.29 is 0 Å². The summed E-state index contributed by atoms with van der Waals surface area (Å²) in [5.74, 6) is 1.00. The van der Waals surface area contributed by atoms with E-state index in [0.717, 1.165) is 38.4 Å². The minimum Gasteiger partial charge on any atom is -0.370 e. The van der Waals surface area contributed by atoms with Crippen LogP contribution in [0.4, 0.5) is 5.82 Å². The Bertz CT molecular complexity index is 397. The van der Waals surface area contributed by atoms with Crippen LogP contribution in [0.3, 0.4) is 0 Å². The van der Waals surface area contributed by atoms with Crippen LogP contribution in [0.2, 0.25) is 0 Å². The minimum absolute atomic E-state index is 0.664. The van der Waals surface area contributed by atoms with E-state index >= 15 is 0 Å². The third-order valence-electron chi connectivity index (χ3n) is 3.89. The van der Waals surface area contributed by atoms with E-state index in [1.807, 2.05) is 0 Å². The lowest BCUT2D eigenvalue weighted by Crippen LogP contribution is -2.48. The zero-order valence-electron chi connectivity index (χ0n) is 13.1. The van der Waals surface area contributed by atoms with Crippen LogP contribution in [0.25, 0.3) is 0 Å². The zero-order valence-corrected chi connectivity index (χ0v) is 13.1. The molecule has 1 fully saturated rings. The van der Waals surface area contributed by atoms with Crippen molar-refractivity contribution in [1.82, 2.24) is 14.8 Å². The number of piperazine rings is 1. The van der Waals surface area contributed by atoms with E-state index in [1.165, 1.54) is 18.8 Å². The second-order valence-corrected chi connectivity index (χ2v) is 5.85. The van der Waals surface area contributed by atoms with Crippen molar-refractivity contribution in [2.45, 2.75) is 39.8 Å². The van der Waals surface area contributed by atoms with Gasteiger partial charge in [0.1, 0.15) is 5.82 Å². The maximum Gasteiger partial charge on any atom is 0.126 e. The van der Waals surface area contributed by atoms with Crippen LogP contribution in [0.5, 0.6) is 0 Å². The molecule has 2 heterocycles. The van der Waals surface area contributed by atoms with Crippen molar-refractivity contribution in [2.24, 2.45) is 0 Å². The van der Waals surface area contributed by atoms with Crippen LogP contribution in [-0.4, -0.2) is 53.5 Å². The number of pyridine rings is 1. The topological polar surface area (TPSA) is 31.4 Å². The average molecular weight is 276 g/mol. The second kappa shape index (κ2) is 7.60. The molecule has 4 heteroatoms. The Labute approximate surface area is 123 Å². The summed E-state index contributed by atoms with van der Waals surface area (Å²) in [5, 5.41) is 3.36. The van der Waals surface area contributed by atoms with Crippen molar-refractivity contribution in [3.63, 3.8) is 0 Å². The van der Waals surface area contributed by atoms with E-state index in [2.05, 4.69) is 54.1 Å². The number of nitrogens with one attached hydrogen (secondary N) is 1. The Kier molecular flexibility index (Phi) is 5.80. The number of rotatable bonds is 6. The molecule has 2 rings (SSSR count). The molecule has 1 aliphatic heterocycles. The lowest BCUT2D eigenvalue weighted by Gasteiger charge is -2.36. The van der Waals surface area contributed by atoms with Gasteiger partial charge in [0, 0.05) is 45.3 Å². The van der Waals surface area contributed by atoms with Crippen molar-refractivity contribution in [2.75, 3.05) is 38.0 Å². The number of aromatic nitrogens is 1. The molecular weight excluding hydrogens is 248 g/mol. The molecule has 20 heavy (non-hydrogen) atoms. The highest BCUT2D eigenvalue weighted by Crippen LogP contribution is 2.11. The fourth-order valence-electron chi connectivity index (χ4n) is 2.59. The third kappa shape index (κ3) is 4.46. The molecule has 0 atom stereocenters. The summed E-state index contributed by atoms with van der Waals surface area (Å²) >= 11 is 0. The van der Waals surface area contributed by atoms with Crippen LogP contribution in [-0.2, 0) is 6.54 Å². The highest BCUT2D eigenvalue weighted by atomic mass is 15.3. The molecule has 0 bridgehead atoms. The van der Waals surface area contributed by atoms with Gasteiger partial charge in [0.2, 0.25) is 0 Å². The highest BCUT2D eigenvalue weighted by molar-refractivity contribution is 5.35. The summed E-state index contributed by atoms with van der Waals surface area (Å²) in [4.78, 5) is 9.74. The van der Waals surface area contributed by atoms with Crippen molar-refractivity contribution in [1.29, 1.82) is 0 Å². The largest absolute Gasteiger partial charge is 0.370 e. The Balaban J connectivity index is 1.84. The average Bonchev–Trinajstić information content (AvgIpc) is 2.46. The summed E-state index contributed by atoms with van der Waals surface area (Å²) in [6.07, 6.45) is 1.13. The Morgan fingerprint density at radius 2 is 1.95 bits per heavy atom. The van der Waals surface area contributed by atoms with Gasteiger partial charge in [-0.2, -0.15) is 0 Å². The van der Waals surface area contributed by atoms with Crippen LogP contribution in [0, 0.1) is 0 Å². The van der Waals surface area contributed by atoms with Crippen molar-refractivity contribution >= 4 is 5.82 Å². The molecule has 1 aromatic heterocycles. The zero-order chi connectivity index (χ0) is 14.4. The first-order valence-electron chi connectivity index (χ1n) is 7.85. The maximum atomic E-state index is 4.69. The summed E-state index contributed by atoms with van der Waals surface area (Å²) in [5.41, 5.74) is 1.17. The van der Waals surface area contributed by atoms with Gasteiger partial charge in [-0.05, 0) is 32.4 Å². The molecule has 0 radical (unpaired) electrons. The monoisotopic (exact) mass is 276 g/mol. The molecule has 1 N–H and O–H groups in total. The molecule has 1 aliphatic rings. The molecule has 0 aromatic carbocycles. The number of nitrogens with zero attached hydrogens (tertiary/aromatic N) is 3. The summed E-state index contributed by atoms with van der Waals surface area (Å²) in [6, 6.07) is 6.95. The first-order valence-corrected chi connectivity index (χ1v) is 7.85. The van der Waals surface area contributed by atoms with E-state index in [-0.39, 0.29) is 0 Å². The predicted octanol–water partition coefficient (Wildman–Crippen LogP) is 2.43. The quantitative estimate of drug-likeness (QED) is 0.864. The van der Waals surface area contributed by atoms with Gasteiger partial charge < -0.3 is 5.32 Å². The number of hydrogen-bond acceptors (Lipinski definition) is 4. The van der Waals surface area contributed by atoms with Crippen molar-refractivity contribution in [3.05, 3.63) is 23.9 Å². The van der Waals surface area contributed by atoms with Gasteiger partial charge in [0.05, 0.1) is 5.69 Å². The van der Waals surface area contributed by atoms with E-state index in [9.17, 15) is 0 Å². The molecule has 0 amide bonds.